The predicted molar refractivity (Wildman–Crippen MR) is 44.7 cm³/mol. The Labute approximate surface area is 70.9 Å². The van der Waals surface area contributed by atoms with Crippen LogP contribution in [0.3, 0.4) is 0 Å². The van der Waals surface area contributed by atoms with Crippen molar-refractivity contribution < 1.29 is 0 Å². The Bertz CT molecular complexity index is 265. The molecule has 12 heavy (non-hydrogen) atoms. The molecule has 0 aliphatic carbocycles. The Morgan fingerprint density at radius 1 is 1.67 bits per heavy atom. The van der Waals surface area contributed by atoms with Gasteiger partial charge in [0.1, 0.15) is 0 Å². The number of aryl methyl sites for hydroxylation is 1. The van der Waals surface area contributed by atoms with Crippen molar-refractivity contribution in [3.05, 3.63) is 5.82 Å². The number of hydrogen-bond donors (Lipinski definition) is 0. The molecule has 1 aromatic heterocycles. The van der Waals surface area contributed by atoms with Gasteiger partial charge in [-0.1, -0.05) is 0 Å². The van der Waals surface area contributed by atoms with Gasteiger partial charge >= 0.3 is 0 Å². The molecule has 0 aromatic carbocycles. The molecular weight excluding hydrogens is 156 g/mol. The molecule has 0 saturated heterocycles. The second kappa shape index (κ2) is 3.80. The lowest BCUT2D eigenvalue weighted by atomic mass is 10.7. The Kier molecular flexibility index (Phi) is 2.73. The molecule has 0 radical (unpaired) electrons. The van der Waals surface area contributed by atoms with Gasteiger partial charge in [-0.05, 0) is 12.1 Å². The van der Waals surface area contributed by atoms with Crippen LogP contribution in [0.4, 0.5) is 0 Å². The number of aromatic nitrogens is 4. The van der Waals surface area contributed by atoms with E-state index in [-0.39, 0.29) is 0 Å². The van der Waals surface area contributed by atoms with Crippen molar-refractivity contribution in [1.29, 1.82) is 0 Å². The van der Waals surface area contributed by atoms with Crippen molar-refractivity contribution in [3.8, 4) is 0 Å². The molecule has 0 atom stereocenters. The summed E-state index contributed by atoms with van der Waals surface area (Å²) in [5, 5.41) is 17.2. The van der Waals surface area contributed by atoms with Crippen LogP contribution in [-0.2, 0) is 7.05 Å². The molecule has 1 aromatic rings. The lowest BCUT2D eigenvalue weighted by molar-refractivity contribution is 0.377. The van der Waals surface area contributed by atoms with Crippen molar-refractivity contribution in [2.45, 2.75) is 6.92 Å². The molecule has 0 unspecified atom stereocenters. The minimum Gasteiger partial charge on any atom is -0.300 e. The van der Waals surface area contributed by atoms with E-state index in [1.807, 2.05) is 14.0 Å². The zero-order valence-electron chi connectivity index (χ0n) is 7.47. The third kappa shape index (κ3) is 2.30. The van der Waals surface area contributed by atoms with Crippen molar-refractivity contribution in [1.82, 2.24) is 25.2 Å². The molecule has 6 nitrogen and oxygen atoms in total. The first-order chi connectivity index (χ1) is 5.72. The van der Waals surface area contributed by atoms with Gasteiger partial charge in [-0.25, -0.2) is 0 Å². The number of hydrazone groups is 1. The van der Waals surface area contributed by atoms with Crippen LogP contribution in [0.25, 0.3) is 0 Å². The van der Waals surface area contributed by atoms with Crippen molar-refractivity contribution >= 4 is 6.21 Å². The van der Waals surface area contributed by atoms with Gasteiger partial charge in [0.2, 0.25) is 5.82 Å². The Morgan fingerprint density at radius 2 is 2.42 bits per heavy atom. The highest BCUT2D eigenvalue weighted by Gasteiger charge is 1.94. The number of hydrogen-bond acceptors (Lipinski definition) is 5. The maximum Gasteiger partial charge on any atom is 0.217 e. The van der Waals surface area contributed by atoms with Gasteiger partial charge < -0.3 is 5.01 Å². The van der Waals surface area contributed by atoms with E-state index in [9.17, 15) is 0 Å². The van der Waals surface area contributed by atoms with E-state index in [0.717, 1.165) is 6.54 Å². The first kappa shape index (κ1) is 8.63. The van der Waals surface area contributed by atoms with E-state index in [2.05, 4.69) is 20.5 Å². The summed E-state index contributed by atoms with van der Waals surface area (Å²) in [6.45, 7) is 2.87. The Balaban J connectivity index is 2.57. The molecule has 1 rings (SSSR count). The summed E-state index contributed by atoms with van der Waals surface area (Å²) in [6, 6.07) is 0. The molecule has 0 aliphatic heterocycles. The van der Waals surface area contributed by atoms with Crippen LogP contribution in [0.1, 0.15) is 12.7 Å². The summed E-state index contributed by atoms with van der Waals surface area (Å²) in [4.78, 5) is 1.40. The van der Waals surface area contributed by atoms with Crippen LogP contribution in [0.5, 0.6) is 0 Å². The van der Waals surface area contributed by atoms with Crippen LogP contribution in [0.15, 0.2) is 5.10 Å². The Hall–Kier alpha value is -1.46. The van der Waals surface area contributed by atoms with E-state index in [0.29, 0.717) is 5.82 Å². The maximum absolute atomic E-state index is 4.06. The molecule has 6 heteroatoms. The number of nitrogens with zero attached hydrogens (tertiary/aromatic N) is 6. The summed E-state index contributed by atoms with van der Waals surface area (Å²) in [7, 11) is 3.60. The lowest BCUT2D eigenvalue weighted by Crippen LogP contribution is -2.09. The predicted octanol–water partition coefficient (Wildman–Crippen LogP) is -0.504. The highest BCUT2D eigenvalue weighted by Crippen LogP contribution is 1.83. The van der Waals surface area contributed by atoms with Gasteiger partial charge in [-0.15, -0.1) is 10.2 Å². The summed E-state index contributed by atoms with van der Waals surface area (Å²) in [5.41, 5.74) is 0. The van der Waals surface area contributed by atoms with Gasteiger partial charge in [-0.3, -0.25) is 0 Å². The number of rotatable bonds is 3. The van der Waals surface area contributed by atoms with Crippen LogP contribution >= 0.6 is 0 Å². The van der Waals surface area contributed by atoms with Gasteiger partial charge in [-0.2, -0.15) is 9.90 Å². The highest BCUT2D eigenvalue weighted by atomic mass is 15.6. The third-order valence-electron chi connectivity index (χ3n) is 1.35. The second-order valence-corrected chi connectivity index (χ2v) is 2.36. The summed E-state index contributed by atoms with van der Waals surface area (Å²) >= 11 is 0. The van der Waals surface area contributed by atoms with Gasteiger partial charge in [0.25, 0.3) is 0 Å². The van der Waals surface area contributed by atoms with E-state index < -0.39 is 0 Å². The molecule has 66 valence electrons. The fraction of sp³-hybridized carbons (Fsp3) is 0.667. The van der Waals surface area contributed by atoms with Crippen molar-refractivity contribution in [2.24, 2.45) is 12.1 Å². The SMILES string of the molecule is CCN(C)/N=C/c1nnn(C)n1. The third-order valence-corrected chi connectivity index (χ3v) is 1.35. The van der Waals surface area contributed by atoms with Gasteiger partial charge in [0.05, 0.1) is 13.3 Å². The van der Waals surface area contributed by atoms with Crippen molar-refractivity contribution in [2.75, 3.05) is 13.6 Å². The van der Waals surface area contributed by atoms with E-state index >= 15 is 0 Å². The largest absolute Gasteiger partial charge is 0.300 e. The van der Waals surface area contributed by atoms with E-state index in [1.165, 1.54) is 4.80 Å². The average molecular weight is 168 g/mol. The first-order valence-corrected chi connectivity index (χ1v) is 3.71. The minimum atomic E-state index is 0.526. The monoisotopic (exact) mass is 168 g/mol. The van der Waals surface area contributed by atoms with Crippen LogP contribution in [0.2, 0.25) is 0 Å². The van der Waals surface area contributed by atoms with Crippen LogP contribution in [0, 0.1) is 0 Å². The zero-order chi connectivity index (χ0) is 8.97. The first-order valence-electron chi connectivity index (χ1n) is 3.71. The molecule has 0 saturated carbocycles. The van der Waals surface area contributed by atoms with Crippen LogP contribution < -0.4 is 0 Å². The van der Waals surface area contributed by atoms with E-state index in [4.69, 9.17) is 0 Å². The van der Waals surface area contributed by atoms with Gasteiger partial charge in [0, 0.05) is 13.6 Å². The topological polar surface area (TPSA) is 59.2 Å². The molecule has 0 bridgehead atoms. The number of tetrazole rings is 1. The molecule has 1 heterocycles. The molecule has 0 spiro atoms. The molecule has 0 aliphatic rings. The zero-order valence-corrected chi connectivity index (χ0v) is 7.47. The molecule has 0 amide bonds. The van der Waals surface area contributed by atoms with Gasteiger partial charge in [0.15, 0.2) is 0 Å². The molecule has 0 N–H and O–H groups in total. The minimum absolute atomic E-state index is 0.526. The van der Waals surface area contributed by atoms with Crippen LogP contribution in [-0.4, -0.2) is 45.0 Å². The fourth-order valence-corrected chi connectivity index (χ4v) is 0.582. The lowest BCUT2D eigenvalue weighted by Gasteiger charge is -2.06. The Morgan fingerprint density at radius 3 is 2.92 bits per heavy atom. The van der Waals surface area contributed by atoms with E-state index in [1.54, 1.807) is 18.3 Å². The maximum atomic E-state index is 4.06. The summed E-state index contributed by atoms with van der Waals surface area (Å²) in [5.74, 6) is 0.526. The van der Waals surface area contributed by atoms with Crippen molar-refractivity contribution in [3.63, 3.8) is 0 Å². The molecular formula is C6H12N6. The molecule has 0 fully saturated rings. The smallest absolute Gasteiger partial charge is 0.217 e. The fourth-order valence-electron chi connectivity index (χ4n) is 0.582. The summed E-state index contributed by atoms with van der Waals surface area (Å²) < 4.78 is 0. The average Bonchev–Trinajstić information content (AvgIpc) is 2.47. The quantitative estimate of drug-likeness (QED) is 0.451. The summed E-state index contributed by atoms with van der Waals surface area (Å²) in [6.07, 6.45) is 1.58. The highest BCUT2D eigenvalue weighted by molar-refractivity contribution is 5.73. The second-order valence-electron chi connectivity index (χ2n) is 2.36. The standard InChI is InChI=1S/C6H12N6/c1-4-11(2)7-5-6-8-10-12(3)9-6/h5H,4H2,1-3H3/b7-5+. The normalized spacial score (nSPS) is 10.9.